The van der Waals surface area contributed by atoms with Gasteiger partial charge < -0.3 is 15.3 Å². The van der Waals surface area contributed by atoms with Gasteiger partial charge in [-0.1, -0.05) is 17.3 Å². The molecular formula is C10H9N3O2Zn. The summed E-state index contributed by atoms with van der Waals surface area (Å²) in [5.41, 5.74) is 1.10. The molecule has 0 spiro atoms. The van der Waals surface area contributed by atoms with Crippen LogP contribution in [-0.2, 0) is 19.5 Å². The Labute approximate surface area is 105 Å². The molecule has 0 unspecified atom stereocenters. The summed E-state index contributed by atoms with van der Waals surface area (Å²) in [7, 11) is 0. The van der Waals surface area contributed by atoms with E-state index in [-0.39, 0.29) is 25.2 Å². The molecule has 0 aliphatic carbocycles. The quantitative estimate of drug-likeness (QED) is 0.335. The van der Waals surface area contributed by atoms with E-state index in [1.807, 2.05) is 0 Å². The molecule has 1 aromatic heterocycles. The number of hydrogen-bond donors (Lipinski definition) is 3. The van der Waals surface area contributed by atoms with E-state index in [0.717, 1.165) is 0 Å². The van der Waals surface area contributed by atoms with Crippen molar-refractivity contribution in [3.8, 4) is 17.1 Å². The molecule has 1 heterocycles. The average molecular weight is 269 g/mol. The van der Waals surface area contributed by atoms with Crippen LogP contribution in [0.1, 0.15) is 5.56 Å². The maximum absolute atomic E-state index is 9.58. The number of H-pyrrole nitrogens is 1. The number of nitrogens with one attached hydrogen (secondary N) is 1. The van der Waals surface area contributed by atoms with Gasteiger partial charge in [-0.05, 0) is 6.07 Å². The van der Waals surface area contributed by atoms with E-state index in [2.05, 4.69) is 15.1 Å². The monoisotopic (exact) mass is 267 g/mol. The molecule has 0 bridgehead atoms. The maximum Gasteiger partial charge on any atom is 0.138 e. The van der Waals surface area contributed by atoms with Crippen LogP contribution in [0.25, 0.3) is 11.4 Å². The van der Waals surface area contributed by atoms with Crippen LogP contribution in [0.5, 0.6) is 5.75 Å². The van der Waals surface area contributed by atoms with E-state index in [4.69, 9.17) is 5.21 Å². The third kappa shape index (κ3) is 2.28. The number of aromatic nitrogens is 2. The number of phenolic OH excluding ortho intramolecular Hbond substituents is 1. The van der Waals surface area contributed by atoms with Crippen LogP contribution in [-0.4, -0.2) is 26.5 Å². The summed E-state index contributed by atoms with van der Waals surface area (Å²) < 4.78 is 0. The second kappa shape index (κ2) is 5.42. The first-order valence-electron chi connectivity index (χ1n) is 4.32. The van der Waals surface area contributed by atoms with E-state index in [9.17, 15) is 5.11 Å². The van der Waals surface area contributed by atoms with Crippen molar-refractivity contribution in [2.45, 2.75) is 0 Å². The molecule has 2 rings (SSSR count). The van der Waals surface area contributed by atoms with Crippen molar-refractivity contribution in [3.63, 3.8) is 0 Å². The van der Waals surface area contributed by atoms with Crippen molar-refractivity contribution in [1.82, 2.24) is 9.97 Å². The molecule has 0 radical (unpaired) electrons. The molecule has 0 aliphatic heterocycles. The Morgan fingerprint density at radius 3 is 2.81 bits per heavy atom. The Morgan fingerprint density at radius 2 is 2.19 bits per heavy atom. The first-order chi connectivity index (χ1) is 7.33. The van der Waals surface area contributed by atoms with Crippen LogP contribution in [0.3, 0.4) is 0 Å². The summed E-state index contributed by atoms with van der Waals surface area (Å²) in [4.78, 5) is 6.97. The number of phenols is 1. The summed E-state index contributed by atoms with van der Waals surface area (Å²) >= 11 is 0. The zero-order chi connectivity index (χ0) is 10.7. The topological polar surface area (TPSA) is 81.5 Å². The fourth-order valence-electron chi connectivity index (χ4n) is 1.37. The molecule has 0 aliphatic rings. The minimum absolute atomic E-state index is 0. The molecule has 5 nitrogen and oxygen atoms in total. The van der Waals surface area contributed by atoms with Crippen molar-refractivity contribution in [2.24, 2.45) is 5.16 Å². The van der Waals surface area contributed by atoms with Crippen molar-refractivity contribution >= 4 is 6.21 Å². The van der Waals surface area contributed by atoms with Gasteiger partial charge in [0, 0.05) is 43.0 Å². The van der Waals surface area contributed by atoms with Crippen LogP contribution < -0.4 is 0 Å². The molecule has 3 N–H and O–H groups in total. The average Bonchev–Trinajstić information content (AvgIpc) is 2.74. The van der Waals surface area contributed by atoms with Crippen LogP contribution >= 0.6 is 0 Å². The Bertz CT molecular complexity index is 483. The molecule has 1 aromatic carbocycles. The second-order valence-corrected chi connectivity index (χ2v) is 2.92. The number of hydrogen-bond acceptors (Lipinski definition) is 4. The third-order valence-corrected chi connectivity index (χ3v) is 2.02. The van der Waals surface area contributed by atoms with Gasteiger partial charge >= 0.3 is 0 Å². The van der Waals surface area contributed by atoms with Crippen LogP contribution in [0, 0.1) is 0 Å². The van der Waals surface area contributed by atoms with Gasteiger partial charge in [-0.25, -0.2) is 4.98 Å². The number of oxime groups is 1. The first kappa shape index (κ1) is 12.4. The predicted octanol–water partition coefficient (Wildman–Crippen LogP) is 1.59. The van der Waals surface area contributed by atoms with Crippen molar-refractivity contribution in [1.29, 1.82) is 0 Å². The summed E-state index contributed by atoms with van der Waals surface area (Å²) in [6, 6.07) is 4.99. The normalized spacial score (nSPS) is 10.2. The van der Waals surface area contributed by atoms with Gasteiger partial charge in [0.15, 0.2) is 0 Å². The van der Waals surface area contributed by atoms with E-state index in [1.165, 1.54) is 12.3 Å². The van der Waals surface area contributed by atoms with Gasteiger partial charge in [0.2, 0.25) is 0 Å². The molecule has 0 saturated carbocycles. The number of aromatic amines is 1. The molecule has 0 atom stereocenters. The molecule has 78 valence electrons. The minimum Gasteiger partial charge on any atom is -0.507 e. The standard InChI is InChI=1S/C10H9N3O2.Zn/c14-9-3-1-2-7(8(9)6-13-15)10-11-4-5-12-10;/h1-6,14-15H,(H,11,12);. The third-order valence-electron chi connectivity index (χ3n) is 2.02. The largest absolute Gasteiger partial charge is 0.507 e. The van der Waals surface area contributed by atoms with Gasteiger partial charge in [-0.3, -0.25) is 0 Å². The van der Waals surface area contributed by atoms with Gasteiger partial charge in [0.05, 0.1) is 6.21 Å². The Kier molecular flexibility index (Phi) is 4.20. The summed E-state index contributed by atoms with van der Waals surface area (Å²) in [6.45, 7) is 0. The Morgan fingerprint density at radius 1 is 1.38 bits per heavy atom. The van der Waals surface area contributed by atoms with Crippen LogP contribution in [0.4, 0.5) is 0 Å². The zero-order valence-corrected chi connectivity index (χ0v) is 11.4. The smallest absolute Gasteiger partial charge is 0.138 e. The molecule has 0 amide bonds. The van der Waals surface area contributed by atoms with Crippen molar-refractivity contribution in [2.75, 3.05) is 0 Å². The summed E-state index contributed by atoms with van der Waals surface area (Å²) in [5, 5.41) is 21.0. The van der Waals surface area contributed by atoms with Crippen molar-refractivity contribution < 1.29 is 29.8 Å². The summed E-state index contributed by atoms with van der Waals surface area (Å²) in [5.74, 6) is 0.655. The number of nitrogens with zero attached hydrogens (tertiary/aromatic N) is 2. The molecular weight excluding hydrogens is 260 g/mol. The van der Waals surface area contributed by atoms with E-state index in [0.29, 0.717) is 17.0 Å². The molecule has 16 heavy (non-hydrogen) atoms. The number of benzene rings is 1. The number of imidazole rings is 1. The van der Waals surface area contributed by atoms with Gasteiger partial charge in [-0.2, -0.15) is 0 Å². The van der Waals surface area contributed by atoms with Crippen molar-refractivity contribution in [3.05, 3.63) is 36.2 Å². The molecule has 0 fully saturated rings. The fraction of sp³-hybridized carbons (Fsp3) is 0. The maximum atomic E-state index is 9.58. The minimum atomic E-state index is 0. The first-order valence-corrected chi connectivity index (χ1v) is 4.32. The molecule has 2 aromatic rings. The van der Waals surface area contributed by atoms with Crippen LogP contribution in [0.2, 0.25) is 0 Å². The van der Waals surface area contributed by atoms with Gasteiger partial charge in [-0.15, -0.1) is 0 Å². The van der Waals surface area contributed by atoms with Gasteiger partial charge in [0.25, 0.3) is 0 Å². The second-order valence-electron chi connectivity index (χ2n) is 2.92. The van der Waals surface area contributed by atoms with Crippen LogP contribution in [0.15, 0.2) is 35.7 Å². The summed E-state index contributed by atoms with van der Waals surface area (Å²) in [6.07, 6.45) is 4.46. The predicted molar refractivity (Wildman–Crippen MR) is 55.1 cm³/mol. The number of aromatic hydroxyl groups is 1. The zero-order valence-electron chi connectivity index (χ0n) is 8.46. The Balaban J connectivity index is 0.00000128. The van der Waals surface area contributed by atoms with E-state index < -0.39 is 0 Å². The van der Waals surface area contributed by atoms with Gasteiger partial charge in [0.1, 0.15) is 11.6 Å². The fourth-order valence-corrected chi connectivity index (χ4v) is 1.37. The molecule has 0 saturated heterocycles. The van der Waals surface area contributed by atoms with E-state index in [1.54, 1.807) is 24.5 Å². The number of rotatable bonds is 2. The van der Waals surface area contributed by atoms with E-state index >= 15 is 0 Å². The SMILES string of the molecule is ON=Cc1c(O)cccc1-c1ncc[nH]1.[Zn]. The molecule has 6 heteroatoms. The Hall–Kier alpha value is -1.68.